The second-order valence-electron chi connectivity index (χ2n) is 5.75. The van der Waals surface area contributed by atoms with Gasteiger partial charge in [-0.3, -0.25) is 4.79 Å². The van der Waals surface area contributed by atoms with Gasteiger partial charge in [0.1, 0.15) is 11.6 Å². The van der Waals surface area contributed by atoms with E-state index in [1.165, 1.54) is 12.1 Å². The number of benzene rings is 1. The molecule has 0 fully saturated rings. The average molecular weight is 354 g/mol. The van der Waals surface area contributed by atoms with E-state index in [1.54, 1.807) is 7.11 Å². The zero-order valence-corrected chi connectivity index (χ0v) is 15.0. The van der Waals surface area contributed by atoms with Crippen molar-refractivity contribution in [2.24, 2.45) is 0 Å². The van der Waals surface area contributed by atoms with E-state index in [4.69, 9.17) is 21.1 Å². The number of ether oxygens (including phenoxy) is 2. The zero-order valence-electron chi connectivity index (χ0n) is 14.2. The van der Waals surface area contributed by atoms with Crippen molar-refractivity contribution in [1.29, 1.82) is 0 Å². The van der Waals surface area contributed by atoms with Crippen LogP contribution in [0.1, 0.15) is 34.7 Å². The first-order valence-corrected chi connectivity index (χ1v) is 8.01. The second kappa shape index (κ2) is 7.81. The summed E-state index contributed by atoms with van der Waals surface area (Å²) in [6, 6.07) is 5.78. The quantitative estimate of drug-likeness (QED) is 0.694. The van der Waals surface area contributed by atoms with Crippen molar-refractivity contribution in [2.45, 2.75) is 26.8 Å². The van der Waals surface area contributed by atoms with Crippen molar-refractivity contribution in [2.75, 3.05) is 20.3 Å². The number of aromatic nitrogens is 1. The van der Waals surface area contributed by atoms with Crippen LogP contribution < -0.4 is 4.74 Å². The van der Waals surface area contributed by atoms with Crippen LogP contribution in [0.25, 0.3) is 0 Å². The van der Waals surface area contributed by atoms with E-state index in [1.807, 2.05) is 26.8 Å². The van der Waals surface area contributed by atoms with E-state index < -0.39 is 5.82 Å². The van der Waals surface area contributed by atoms with Gasteiger partial charge in [-0.25, -0.2) is 4.39 Å². The number of carbonyl (C=O) groups excluding carboxylic acids is 1. The van der Waals surface area contributed by atoms with Crippen LogP contribution in [0.2, 0.25) is 5.02 Å². The fraction of sp³-hybridized carbons (Fsp3) is 0.389. The van der Waals surface area contributed by atoms with Crippen LogP contribution in [0.15, 0.2) is 24.3 Å². The molecule has 0 bridgehead atoms. The Balaban J connectivity index is 2.14. The molecule has 0 unspecified atom stereocenters. The van der Waals surface area contributed by atoms with Crippen LogP contribution in [0, 0.1) is 19.7 Å². The predicted molar refractivity (Wildman–Crippen MR) is 91.7 cm³/mol. The predicted octanol–water partition coefficient (Wildman–Crippen LogP) is 4.37. The van der Waals surface area contributed by atoms with Gasteiger partial charge in [0.2, 0.25) is 5.78 Å². The van der Waals surface area contributed by atoms with Gasteiger partial charge in [-0.05, 0) is 45.0 Å². The zero-order chi connectivity index (χ0) is 17.9. The van der Waals surface area contributed by atoms with Gasteiger partial charge in [-0.15, -0.1) is 0 Å². The van der Waals surface area contributed by atoms with E-state index in [2.05, 4.69) is 4.57 Å². The second-order valence-corrected chi connectivity index (χ2v) is 6.15. The van der Waals surface area contributed by atoms with E-state index in [-0.39, 0.29) is 29.2 Å². The van der Waals surface area contributed by atoms with E-state index in [9.17, 15) is 9.18 Å². The largest absolute Gasteiger partial charge is 0.484 e. The Kier molecular flexibility index (Phi) is 6.02. The topological polar surface area (TPSA) is 40.5 Å². The Bertz CT molecular complexity index is 742. The highest BCUT2D eigenvalue weighted by Gasteiger charge is 2.19. The Morgan fingerprint density at radius 3 is 2.67 bits per heavy atom. The number of nitrogens with zero attached hydrogens (tertiary/aromatic N) is 1. The highest BCUT2D eigenvalue weighted by Crippen LogP contribution is 2.26. The molecule has 1 aromatic heterocycles. The molecular formula is C18H21ClFNO3. The normalized spacial score (nSPS) is 12.2. The first-order chi connectivity index (χ1) is 11.3. The number of hydrogen-bond donors (Lipinski definition) is 0. The summed E-state index contributed by atoms with van der Waals surface area (Å²) in [5, 5.41) is 0.141. The molecule has 1 aromatic carbocycles. The van der Waals surface area contributed by atoms with Gasteiger partial charge in [-0.2, -0.15) is 0 Å². The summed E-state index contributed by atoms with van der Waals surface area (Å²) < 4.78 is 25.7. The maximum absolute atomic E-state index is 13.0. The van der Waals surface area contributed by atoms with Crippen molar-refractivity contribution in [3.05, 3.63) is 52.1 Å². The number of aryl methyl sites for hydroxylation is 1. The summed E-state index contributed by atoms with van der Waals surface area (Å²) in [5.74, 6) is -0.318. The number of ketones is 1. The number of methoxy groups -OCH3 is 1. The molecule has 130 valence electrons. The molecule has 0 spiro atoms. The Labute approximate surface area is 146 Å². The molecule has 0 N–H and O–H groups in total. The minimum Gasteiger partial charge on any atom is -0.484 e. The van der Waals surface area contributed by atoms with E-state index >= 15 is 0 Å². The summed E-state index contributed by atoms with van der Waals surface area (Å²) in [4.78, 5) is 12.5. The SMILES string of the molecule is COC[C@H](C)n1c(C)cc(C(=O)COc2ccc(F)cc2Cl)c1C. The van der Waals surface area contributed by atoms with Crippen LogP contribution in [0.5, 0.6) is 5.75 Å². The first kappa shape index (κ1) is 18.5. The van der Waals surface area contributed by atoms with Crippen LogP contribution in [0.4, 0.5) is 4.39 Å². The lowest BCUT2D eigenvalue weighted by atomic mass is 10.1. The maximum Gasteiger partial charge on any atom is 0.202 e. The third-order valence-corrected chi connectivity index (χ3v) is 4.18. The number of Topliss-reactive ketones (excluding diaryl/α,β-unsaturated/α-hetero) is 1. The molecule has 2 rings (SSSR count). The molecule has 0 aliphatic rings. The van der Waals surface area contributed by atoms with Gasteiger partial charge in [0, 0.05) is 24.1 Å². The molecule has 0 amide bonds. The minimum atomic E-state index is -0.450. The van der Waals surface area contributed by atoms with Crippen molar-refractivity contribution in [3.63, 3.8) is 0 Å². The number of halogens is 2. The summed E-state index contributed by atoms with van der Waals surface area (Å²) >= 11 is 5.90. The fourth-order valence-electron chi connectivity index (χ4n) is 2.87. The van der Waals surface area contributed by atoms with Crippen molar-refractivity contribution < 1.29 is 18.7 Å². The summed E-state index contributed by atoms with van der Waals surface area (Å²) in [6.07, 6.45) is 0. The van der Waals surface area contributed by atoms with Crippen LogP contribution in [-0.2, 0) is 4.74 Å². The Morgan fingerprint density at radius 2 is 2.04 bits per heavy atom. The molecular weight excluding hydrogens is 333 g/mol. The van der Waals surface area contributed by atoms with Crippen LogP contribution in [-0.4, -0.2) is 30.7 Å². The highest BCUT2D eigenvalue weighted by atomic mass is 35.5. The van der Waals surface area contributed by atoms with Crippen LogP contribution >= 0.6 is 11.6 Å². The first-order valence-electron chi connectivity index (χ1n) is 7.63. The lowest BCUT2D eigenvalue weighted by molar-refractivity contribution is 0.0920. The minimum absolute atomic E-state index is 0.129. The van der Waals surface area contributed by atoms with Gasteiger partial charge >= 0.3 is 0 Å². The van der Waals surface area contributed by atoms with Crippen LogP contribution in [0.3, 0.4) is 0 Å². The third kappa shape index (κ3) is 3.97. The number of carbonyl (C=O) groups is 1. The number of rotatable bonds is 7. The molecule has 0 radical (unpaired) electrons. The molecule has 1 heterocycles. The monoisotopic (exact) mass is 353 g/mol. The highest BCUT2D eigenvalue weighted by molar-refractivity contribution is 6.32. The average Bonchev–Trinajstić information content (AvgIpc) is 2.81. The van der Waals surface area contributed by atoms with Gasteiger partial charge in [0.05, 0.1) is 17.7 Å². The molecule has 0 saturated heterocycles. The van der Waals surface area contributed by atoms with E-state index in [0.29, 0.717) is 12.2 Å². The molecule has 1 atom stereocenters. The summed E-state index contributed by atoms with van der Waals surface area (Å²) in [6.45, 7) is 6.29. The molecule has 6 heteroatoms. The number of hydrogen-bond acceptors (Lipinski definition) is 3. The van der Waals surface area contributed by atoms with Gasteiger partial charge < -0.3 is 14.0 Å². The smallest absolute Gasteiger partial charge is 0.202 e. The summed E-state index contributed by atoms with van der Waals surface area (Å²) in [5.41, 5.74) is 2.46. The third-order valence-electron chi connectivity index (χ3n) is 3.89. The standard InChI is InChI=1S/C18H21ClFNO3/c1-11-7-15(13(3)21(11)12(2)9-23-4)17(22)10-24-18-6-5-14(20)8-16(18)19/h5-8,12H,9-10H2,1-4H3/t12-/m0/s1. The molecule has 0 saturated carbocycles. The van der Waals surface area contributed by atoms with Gasteiger partial charge in [0.15, 0.2) is 6.61 Å². The lowest BCUT2D eigenvalue weighted by Crippen LogP contribution is -2.16. The van der Waals surface area contributed by atoms with Crippen molar-refractivity contribution >= 4 is 17.4 Å². The molecule has 2 aromatic rings. The van der Waals surface area contributed by atoms with Gasteiger partial charge in [-0.1, -0.05) is 11.6 Å². The molecule has 0 aliphatic heterocycles. The van der Waals surface area contributed by atoms with Crippen molar-refractivity contribution in [3.8, 4) is 5.75 Å². The molecule has 4 nitrogen and oxygen atoms in total. The maximum atomic E-state index is 13.0. The van der Waals surface area contributed by atoms with Crippen molar-refractivity contribution in [1.82, 2.24) is 4.57 Å². The van der Waals surface area contributed by atoms with E-state index in [0.717, 1.165) is 17.5 Å². The fourth-order valence-corrected chi connectivity index (χ4v) is 3.09. The lowest BCUT2D eigenvalue weighted by Gasteiger charge is -2.17. The Hall–Kier alpha value is -1.85. The molecule has 0 aliphatic carbocycles. The summed E-state index contributed by atoms with van der Waals surface area (Å²) in [7, 11) is 1.65. The van der Waals surface area contributed by atoms with Gasteiger partial charge in [0.25, 0.3) is 0 Å². The molecule has 24 heavy (non-hydrogen) atoms. The Morgan fingerprint density at radius 1 is 1.33 bits per heavy atom.